The first-order chi connectivity index (χ1) is 14.0. The molecule has 0 unspecified atom stereocenters. The maximum Gasteiger partial charge on any atom is 0.347 e. The molecule has 0 saturated carbocycles. The molecule has 3 aromatic heterocycles. The average molecular weight is 430 g/mol. The summed E-state index contributed by atoms with van der Waals surface area (Å²) in [6, 6.07) is 8.26. The molecule has 1 aromatic carbocycles. The molecule has 4 rings (SSSR count). The van der Waals surface area contributed by atoms with E-state index in [1.165, 1.54) is 24.1 Å². The molecular weight excluding hydrogens is 417 g/mol. The molecule has 0 N–H and O–H groups in total. The number of benzene rings is 1. The number of pyridine rings is 1. The minimum atomic E-state index is -0.567. The SMILES string of the molecule is CO/N=C/c1cc(-c2nc3c(C)cc(Cl)cc3c(=O)o2)n(-c2ncccc2Cl)n1. The highest BCUT2D eigenvalue weighted by molar-refractivity contribution is 6.32. The summed E-state index contributed by atoms with van der Waals surface area (Å²) in [4.78, 5) is 26.1. The van der Waals surface area contributed by atoms with Crippen molar-refractivity contribution in [2.45, 2.75) is 6.92 Å². The Morgan fingerprint density at radius 3 is 2.86 bits per heavy atom. The minimum Gasteiger partial charge on any atom is -0.401 e. The van der Waals surface area contributed by atoms with Gasteiger partial charge in [-0.25, -0.2) is 19.4 Å². The van der Waals surface area contributed by atoms with E-state index in [1.807, 2.05) is 6.92 Å². The van der Waals surface area contributed by atoms with Gasteiger partial charge in [-0.15, -0.1) is 0 Å². The van der Waals surface area contributed by atoms with E-state index in [1.54, 1.807) is 30.5 Å². The largest absolute Gasteiger partial charge is 0.401 e. The van der Waals surface area contributed by atoms with Gasteiger partial charge in [0.25, 0.3) is 0 Å². The second-order valence-corrected chi connectivity index (χ2v) is 6.86. The fraction of sp³-hybridized carbons (Fsp3) is 0.105. The van der Waals surface area contributed by atoms with Crippen LogP contribution >= 0.6 is 23.2 Å². The predicted octanol–water partition coefficient (Wildman–Crippen LogP) is 4.03. The lowest BCUT2D eigenvalue weighted by Gasteiger charge is -2.08. The Hall–Kier alpha value is -3.23. The smallest absolute Gasteiger partial charge is 0.347 e. The first-order valence-corrected chi connectivity index (χ1v) is 9.12. The Labute approximate surface area is 174 Å². The van der Waals surface area contributed by atoms with Gasteiger partial charge in [0.2, 0.25) is 5.89 Å². The molecule has 8 nitrogen and oxygen atoms in total. The van der Waals surface area contributed by atoms with E-state index < -0.39 is 5.63 Å². The number of aromatic nitrogens is 4. The molecule has 0 radical (unpaired) electrons. The molecule has 0 saturated heterocycles. The summed E-state index contributed by atoms with van der Waals surface area (Å²) in [5.41, 5.74) is 1.46. The third-order valence-corrected chi connectivity index (χ3v) is 4.58. The van der Waals surface area contributed by atoms with Gasteiger partial charge in [-0.05, 0) is 42.8 Å². The Morgan fingerprint density at radius 1 is 1.28 bits per heavy atom. The lowest BCUT2D eigenvalue weighted by atomic mass is 10.1. The van der Waals surface area contributed by atoms with E-state index in [0.29, 0.717) is 38.2 Å². The van der Waals surface area contributed by atoms with E-state index in [-0.39, 0.29) is 5.89 Å². The van der Waals surface area contributed by atoms with Crippen molar-refractivity contribution >= 4 is 40.3 Å². The molecule has 10 heteroatoms. The van der Waals surface area contributed by atoms with Gasteiger partial charge in [0.15, 0.2) is 5.82 Å². The molecule has 0 bridgehead atoms. The highest BCUT2D eigenvalue weighted by atomic mass is 35.5. The molecule has 0 aliphatic carbocycles. The summed E-state index contributed by atoms with van der Waals surface area (Å²) >= 11 is 12.3. The maximum absolute atomic E-state index is 12.6. The highest BCUT2D eigenvalue weighted by Crippen LogP contribution is 2.27. The van der Waals surface area contributed by atoms with Crippen molar-refractivity contribution in [1.82, 2.24) is 19.7 Å². The summed E-state index contributed by atoms with van der Waals surface area (Å²) < 4.78 is 6.91. The number of oxime groups is 1. The molecule has 3 heterocycles. The number of halogens is 2. The molecule has 29 heavy (non-hydrogen) atoms. The lowest BCUT2D eigenvalue weighted by molar-refractivity contribution is 0.215. The number of rotatable bonds is 4. The van der Waals surface area contributed by atoms with Crippen molar-refractivity contribution in [2.24, 2.45) is 5.16 Å². The summed E-state index contributed by atoms with van der Waals surface area (Å²) in [5.74, 6) is 0.401. The monoisotopic (exact) mass is 429 g/mol. The fourth-order valence-corrected chi connectivity index (χ4v) is 3.31. The molecular formula is C19H13Cl2N5O3. The summed E-state index contributed by atoms with van der Waals surface area (Å²) in [7, 11) is 1.42. The van der Waals surface area contributed by atoms with Crippen LogP contribution in [0, 0.1) is 6.92 Å². The van der Waals surface area contributed by atoms with E-state index in [2.05, 4.69) is 20.2 Å². The van der Waals surface area contributed by atoms with Crippen LogP contribution in [0.15, 0.2) is 50.9 Å². The number of nitrogens with zero attached hydrogens (tertiary/aromatic N) is 5. The summed E-state index contributed by atoms with van der Waals surface area (Å²) in [6.07, 6.45) is 2.98. The molecule has 146 valence electrons. The van der Waals surface area contributed by atoms with Gasteiger partial charge in [0, 0.05) is 11.2 Å². The van der Waals surface area contributed by atoms with Crippen molar-refractivity contribution in [3.63, 3.8) is 0 Å². The Bertz CT molecular complexity index is 1310. The van der Waals surface area contributed by atoms with Crippen molar-refractivity contribution in [1.29, 1.82) is 0 Å². The third kappa shape index (κ3) is 3.59. The van der Waals surface area contributed by atoms with E-state index in [4.69, 9.17) is 32.5 Å². The van der Waals surface area contributed by atoms with Crippen molar-refractivity contribution < 1.29 is 9.25 Å². The molecule has 0 spiro atoms. The molecule has 0 fully saturated rings. The molecule has 4 aromatic rings. The van der Waals surface area contributed by atoms with Gasteiger partial charge in [-0.2, -0.15) is 5.10 Å². The van der Waals surface area contributed by atoms with E-state index in [9.17, 15) is 4.79 Å². The van der Waals surface area contributed by atoms with Crippen molar-refractivity contribution in [3.05, 3.63) is 68.3 Å². The first kappa shape index (κ1) is 19.1. The van der Waals surface area contributed by atoms with Gasteiger partial charge >= 0.3 is 5.63 Å². The lowest BCUT2D eigenvalue weighted by Crippen LogP contribution is -2.08. The number of hydrogen-bond acceptors (Lipinski definition) is 7. The highest BCUT2D eigenvalue weighted by Gasteiger charge is 2.19. The van der Waals surface area contributed by atoms with Crippen LogP contribution in [0.4, 0.5) is 0 Å². The van der Waals surface area contributed by atoms with Gasteiger partial charge in [0.1, 0.15) is 18.5 Å². The quantitative estimate of drug-likeness (QED) is 0.358. The van der Waals surface area contributed by atoms with Crippen LogP contribution in [0.1, 0.15) is 11.3 Å². The van der Waals surface area contributed by atoms with Crippen LogP contribution in [0.25, 0.3) is 28.3 Å². The summed E-state index contributed by atoms with van der Waals surface area (Å²) in [5, 5.41) is 9.22. The molecule has 0 aliphatic rings. The van der Waals surface area contributed by atoms with Crippen LogP contribution in [-0.4, -0.2) is 33.1 Å². The van der Waals surface area contributed by atoms with Crippen molar-refractivity contribution in [2.75, 3.05) is 7.11 Å². The van der Waals surface area contributed by atoms with Gasteiger partial charge < -0.3 is 9.25 Å². The number of fused-ring (bicyclic) bond motifs is 1. The van der Waals surface area contributed by atoms with E-state index in [0.717, 1.165) is 5.56 Å². The standard InChI is InChI=1S/C19H13Cl2N5O3/c1-10-6-11(20)7-13-16(10)24-18(29-19(13)27)15-8-12(9-23-28-2)25-26(15)17-14(21)4-3-5-22-17/h3-9H,1-2H3/b23-9+. The fourth-order valence-electron chi connectivity index (χ4n) is 2.83. The van der Waals surface area contributed by atoms with Crippen LogP contribution in [0.2, 0.25) is 10.0 Å². The Kier molecular flexibility index (Phi) is 5.04. The van der Waals surface area contributed by atoms with Gasteiger partial charge in [-0.3, -0.25) is 0 Å². The second kappa shape index (κ2) is 7.65. The van der Waals surface area contributed by atoms with Gasteiger partial charge in [-0.1, -0.05) is 28.4 Å². The van der Waals surface area contributed by atoms with Crippen molar-refractivity contribution in [3.8, 4) is 17.4 Å². The molecule has 0 aliphatic heterocycles. The second-order valence-electron chi connectivity index (χ2n) is 6.02. The topological polar surface area (TPSA) is 95.4 Å². The van der Waals surface area contributed by atoms with E-state index >= 15 is 0 Å². The van der Waals surface area contributed by atoms with Crippen LogP contribution < -0.4 is 5.63 Å². The Balaban J connectivity index is 1.99. The minimum absolute atomic E-state index is 0.0548. The third-order valence-electron chi connectivity index (χ3n) is 4.07. The number of hydrogen-bond donors (Lipinski definition) is 0. The normalized spacial score (nSPS) is 11.4. The predicted molar refractivity (Wildman–Crippen MR) is 110 cm³/mol. The zero-order valence-electron chi connectivity index (χ0n) is 15.3. The molecule has 0 amide bonds. The summed E-state index contributed by atoms with van der Waals surface area (Å²) in [6.45, 7) is 1.81. The average Bonchev–Trinajstić information content (AvgIpc) is 3.11. The first-order valence-electron chi connectivity index (χ1n) is 8.37. The molecule has 0 atom stereocenters. The zero-order valence-corrected chi connectivity index (χ0v) is 16.8. The Morgan fingerprint density at radius 2 is 2.10 bits per heavy atom. The van der Waals surface area contributed by atoms with Crippen LogP contribution in [0.5, 0.6) is 0 Å². The zero-order chi connectivity index (χ0) is 20.5. The van der Waals surface area contributed by atoms with Crippen LogP contribution in [0.3, 0.4) is 0 Å². The van der Waals surface area contributed by atoms with Gasteiger partial charge in [0.05, 0.1) is 22.1 Å². The van der Waals surface area contributed by atoms with Crippen LogP contribution in [-0.2, 0) is 4.84 Å². The number of aryl methyl sites for hydroxylation is 1. The maximum atomic E-state index is 12.6.